The van der Waals surface area contributed by atoms with Gasteiger partial charge in [0.2, 0.25) is 0 Å². The van der Waals surface area contributed by atoms with Gasteiger partial charge < -0.3 is 14.7 Å². The van der Waals surface area contributed by atoms with Crippen molar-refractivity contribution < 1.29 is 9.84 Å². The molecule has 1 unspecified atom stereocenters. The van der Waals surface area contributed by atoms with E-state index in [0.29, 0.717) is 12.5 Å². The molecule has 24 heavy (non-hydrogen) atoms. The van der Waals surface area contributed by atoms with Crippen LogP contribution in [-0.4, -0.2) is 55.2 Å². The molecule has 5 rings (SSSR count). The first kappa shape index (κ1) is 17.0. The first-order valence-corrected chi connectivity index (χ1v) is 8.31. The zero-order valence-electron chi connectivity index (χ0n) is 13.8. The van der Waals surface area contributed by atoms with Crippen LogP contribution < -0.4 is 4.74 Å². The monoisotopic (exact) mass is 321 g/mol. The molecule has 0 aliphatic carbocycles. The average Bonchev–Trinajstić information content (AvgIpc) is 2.62. The Morgan fingerprint density at radius 1 is 1.12 bits per heavy atom. The first-order chi connectivity index (χ1) is 11.2. The predicted octanol–water partition coefficient (Wildman–Crippen LogP) is 2.20. The molecule has 2 bridgehead atoms. The van der Waals surface area contributed by atoms with Gasteiger partial charge in [-0.25, -0.2) is 0 Å². The molecule has 3 saturated heterocycles. The number of piperidine rings is 3. The molecule has 3 fully saturated rings. The maximum Gasteiger partial charge on any atom is 0.119 e. The summed E-state index contributed by atoms with van der Waals surface area (Å²) in [4.78, 5) is 6.49. The summed E-state index contributed by atoms with van der Waals surface area (Å²) in [6.45, 7) is 3.35. The van der Waals surface area contributed by atoms with Gasteiger partial charge >= 0.3 is 0 Å². The number of hydrogen-bond donors (Lipinski definition) is 1. The van der Waals surface area contributed by atoms with Gasteiger partial charge in [-0.1, -0.05) is 18.2 Å². The molecule has 1 aromatic heterocycles. The van der Waals surface area contributed by atoms with Crippen molar-refractivity contribution in [3.63, 3.8) is 0 Å². The lowest BCUT2D eigenvalue weighted by Crippen LogP contribution is -2.61. The Hall–Kier alpha value is -1.85. The summed E-state index contributed by atoms with van der Waals surface area (Å²) < 4.78 is 5.90. The number of benzene rings is 1. The molecule has 0 saturated carbocycles. The molecule has 4 heterocycles. The SMILES string of the molecule is OC1(COc2ccc(-c3cccnc3)cc2)CN2CCC1CC2.[B]. The Kier molecular flexibility index (Phi) is 4.92. The molecule has 0 amide bonds. The van der Waals surface area contributed by atoms with Gasteiger partial charge in [0, 0.05) is 27.4 Å². The predicted molar refractivity (Wildman–Crippen MR) is 95.0 cm³/mol. The molecular formula is C19H22BN2O2. The molecule has 1 atom stereocenters. The van der Waals surface area contributed by atoms with Gasteiger partial charge in [0.05, 0.1) is 0 Å². The van der Waals surface area contributed by atoms with E-state index in [1.165, 1.54) is 0 Å². The normalized spacial score (nSPS) is 28.2. The fraction of sp³-hybridized carbons (Fsp3) is 0.421. The van der Waals surface area contributed by atoms with E-state index >= 15 is 0 Å². The summed E-state index contributed by atoms with van der Waals surface area (Å²) >= 11 is 0. The van der Waals surface area contributed by atoms with Crippen LogP contribution in [0.3, 0.4) is 0 Å². The molecule has 0 spiro atoms. The highest BCUT2D eigenvalue weighted by Crippen LogP contribution is 2.36. The maximum atomic E-state index is 10.9. The van der Waals surface area contributed by atoms with Gasteiger partial charge in [0.25, 0.3) is 0 Å². The third-order valence-electron chi connectivity index (χ3n) is 5.18. The smallest absolute Gasteiger partial charge is 0.119 e. The van der Waals surface area contributed by atoms with Gasteiger partial charge in [-0.2, -0.15) is 0 Å². The highest BCUT2D eigenvalue weighted by molar-refractivity contribution is 5.75. The third kappa shape index (κ3) is 3.33. The summed E-state index contributed by atoms with van der Waals surface area (Å²) in [6, 6.07) is 12.0. The fourth-order valence-electron chi connectivity index (χ4n) is 3.79. The summed E-state index contributed by atoms with van der Waals surface area (Å²) in [7, 11) is 0. The lowest BCUT2D eigenvalue weighted by Gasteiger charge is -2.50. The zero-order chi connectivity index (χ0) is 15.7. The quantitative estimate of drug-likeness (QED) is 0.877. The van der Waals surface area contributed by atoms with Crippen molar-refractivity contribution >= 4 is 8.41 Å². The second kappa shape index (κ2) is 6.95. The van der Waals surface area contributed by atoms with E-state index in [-0.39, 0.29) is 8.41 Å². The number of ether oxygens (including phenoxy) is 1. The lowest BCUT2D eigenvalue weighted by atomic mass is 9.76. The van der Waals surface area contributed by atoms with Gasteiger partial charge in [-0.15, -0.1) is 0 Å². The number of aliphatic hydroxyl groups is 1. The largest absolute Gasteiger partial charge is 0.491 e. The van der Waals surface area contributed by atoms with Gasteiger partial charge in [0.1, 0.15) is 18.0 Å². The van der Waals surface area contributed by atoms with E-state index in [0.717, 1.165) is 49.4 Å². The minimum absolute atomic E-state index is 0. The Morgan fingerprint density at radius 2 is 1.88 bits per heavy atom. The van der Waals surface area contributed by atoms with Crippen molar-refractivity contribution in [2.45, 2.75) is 18.4 Å². The maximum absolute atomic E-state index is 10.9. The van der Waals surface area contributed by atoms with E-state index in [4.69, 9.17) is 4.74 Å². The standard InChI is InChI=1S/C19H22N2O2.B/c22-19(13-21-10-7-17(19)8-11-21)14-23-18-5-3-15(4-6-18)16-2-1-9-20-12-16;/h1-6,9,12,17,22H,7-8,10-11,13-14H2;. The van der Waals surface area contributed by atoms with Gasteiger partial charge in [-0.3, -0.25) is 4.98 Å². The van der Waals surface area contributed by atoms with Crippen LogP contribution >= 0.6 is 0 Å². The van der Waals surface area contributed by atoms with Crippen LogP contribution in [0.1, 0.15) is 12.8 Å². The molecule has 123 valence electrons. The van der Waals surface area contributed by atoms with Crippen LogP contribution in [0, 0.1) is 5.92 Å². The summed E-state index contributed by atoms with van der Waals surface area (Å²) in [5, 5.41) is 10.9. The fourth-order valence-corrected chi connectivity index (χ4v) is 3.79. The minimum Gasteiger partial charge on any atom is -0.491 e. The number of nitrogens with zero attached hydrogens (tertiary/aromatic N) is 2. The summed E-state index contributed by atoms with van der Waals surface area (Å²) in [5.74, 6) is 1.18. The zero-order valence-corrected chi connectivity index (χ0v) is 13.8. The van der Waals surface area contributed by atoms with Gasteiger partial charge in [0.15, 0.2) is 0 Å². The molecule has 3 aliphatic heterocycles. The molecule has 3 radical (unpaired) electrons. The Labute approximate surface area is 145 Å². The highest BCUT2D eigenvalue weighted by Gasteiger charge is 2.45. The third-order valence-corrected chi connectivity index (χ3v) is 5.18. The van der Waals surface area contributed by atoms with E-state index in [9.17, 15) is 5.11 Å². The van der Waals surface area contributed by atoms with Crippen molar-refractivity contribution in [3.05, 3.63) is 48.8 Å². The van der Waals surface area contributed by atoms with E-state index < -0.39 is 5.60 Å². The number of pyridine rings is 1. The number of fused-ring (bicyclic) bond motifs is 3. The second-order valence-corrected chi connectivity index (χ2v) is 6.71. The lowest BCUT2D eigenvalue weighted by molar-refractivity contribution is -0.131. The van der Waals surface area contributed by atoms with Crippen LogP contribution in [-0.2, 0) is 0 Å². The number of aromatic nitrogens is 1. The van der Waals surface area contributed by atoms with Crippen LogP contribution in [0.2, 0.25) is 0 Å². The summed E-state index contributed by atoms with van der Waals surface area (Å²) in [6.07, 6.45) is 5.79. The molecule has 4 nitrogen and oxygen atoms in total. The Morgan fingerprint density at radius 3 is 2.46 bits per heavy atom. The van der Waals surface area contributed by atoms with Crippen molar-refractivity contribution in [1.82, 2.24) is 9.88 Å². The molecule has 2 aromatic rings. The van der Waals surface area contributed by atoms with Crippen LogP contribution in [0.5, 0.6) is 5.75 Å². The molecule has 1 N–H and O–H groups in total. The average molecular weight is 321 g/mol. The van der Waals surface area contributed by atoms with E-state index in [2.05, 4.69) is 9.88 Å². The van der Waals surface area contributed by atoms with Gasteiger partial charge in [-0.05, 0) is 61.2 Å². The number of hydrogen-bond acceptors (Lipinski definition) is 4. The van der Waals surface area contributed by atoms with Crippen molar-refractivity contribution in [2.24, 2.45) is 5.92 Å². The van der Waals surface area contributed by atoms with Crippen LogP contribution in [0.25, 0.3) is 11.1 Å². The van der Waals surface area contributed by atoms with Crippen molar-refractivity contribution in [3.8, 4) is 16.9 Å². The summed E-state index contributed by atoms with van der Waals surface area (Å²) in [5.41, 5.74) is 1.51. The molecular weight excluding hydrogens is 299 g/mol. The van der Waals surface area contributed by atoms with Crippen LogP contribution in [0.4, 0.5) is 0 Å². The molecule has 5 heteroatoms. The first-order valence-electron chi connectivity index (χ1n) is 8.31. The topological polar surface area (TPSA) is 45.6 Å². The highest BCUT2D eigenvalue weighted by atomic mass is 16.5. The van der Waals surface area contributed by atoms with Crippen molar-refractivity contribution in [1.29, 1.82) is 0 Å². The Balaban J connectivity index is 0.00000169. The van der Waals surface area contributed by atoms with Crippen molar-refractivity contribution in [2.75, 3.05) is 26.2 Å². The Bertz CT molecular complexity index is 657. The second-order valence-electron chi connectivity index (χ2n) is 6.71. The minimum atomic E-state index is -0.696. The van der Waals surface area contributed by atoms with Crippen LogP contribution in [0.15, 0.2) is 48.8 Å². The van der Waals surface area contributed by atoms with E-state index in [1.807, 2.05) is 42.6 Å². The number of rotatable bonds is 4. The van der Waals surface area contributed by atoms with E-state index in [1.54, 1.807) is 6.20 Å². The molecule has 1 aromatic carbocycles. The molecule has 3 aliphatic rings.